The average molecular weight is 263 g/mol. The molecule has 19 heavy (non-hydrogen) atoms. The number of nitrogens with one attached hydrogen (secondary N) is 1. The molecule has 106 valence electrons. The van der Waals surface area contributed by atoms with E-state index in [1.807, 2.05) is 12.1 Å². The summed E-state index contributed by atoms with van der Waals surface area (Å²) in [7, 11) is 1.69. The third-order valence-electron chi connectivity index (χ3n) is 3.70. The maximum atomic E-state index is 5.75. The molecular formula is C16H25NO2. The van der Waals surface area contributed by atoms with Gasteiger partial charge in [0.25, 0.3) is 0 Å². The second kappa shape index (κ2) is 8.18. The van der Waals surface area contributed by atoms with Gasteiger partial charge in [-0.1, -0.05) is 37.5 Å². The van der Waals surface area contributed by atoms with Crippen LogP contribution in [0.2, 0.25) is 0 Å². The van der Waals surface area contributed by atoms with Crippen LogP contribution in [-0.4, -0.2) is 26.4 Å². The fraction of sp³-hybridized carbons (Fsp3) is 0.625. The van der Waals surface area contributed by atoms with Gasteiger partial charge in [0, 0.05) is 25.3 Å². The third kappa shape index (κ3) is 4.84. The molecule has 1 aromatic rings. The van der Waals surface area contributed by atoms with Gasteiger partial charge in [-0.3, -0.25) is 0 Å². The molecule has 0 aromatic heterocycles. The van der Waals surface area contributed by atoms with Gasteiger partial charge in [-0.2, -0.15) is 0 Å². The number of para-hydroxylation sites is 1. The van der Waals surface area contributed by atoms with Crippen LogP contribution in [0.15, 0.2) is 24.3 Å². The molecular weight excluding hydrogens is 238 g/mol. The van der Waals surface area contributed by atoms with Crippen molar-refractivity contribution in [3.05, 3.63) is 29.8 Å². The Morgan fingerprint density at radius 3 is 2.68 bits per heavy atom. The lowest BCUT2D eigenvalue weighted by molar-refractivity contribution is 0.145. The summed E-state index contributed by atoms with van der Waals surface area (Å²) in [5.74, 6) is 0.975. The van der Waals surface area contributed by atoms with Gasteiger partial charge < -0.3 is 14.8 Å². The van der Waals surface area contributed by atoms with E-state index in [2.05, 4.69) is 17.4 Å². The van der Waals surface area contributed by atoms with Crippen molar-refractivity contribution >= 4 is 0 Å². The summed E-state index contributed by atoms with van der Waals surface area (Å²) in [6, 6.07) is 8.94. The lowest BCUT2D eigenvalue weighted by Gasteiger charge is -2.23. The van der Waals surface area contributed by atoms with Crippen LogP contribution < -0.4 is 10.1 Å². The van der Waals surface area contributed by atoms with Crippen LogP contribution in [-0.2, 0) is 11.3 Å². The van der Waals surface area contributed by atoms with Gasteiger partial charge in [0.05, 0.1) is 6.61 Å². The highest BCUT2D eigenvalue weighted by molar-refractivity contribution is 5.33. The van der Waals surface area contributed by atoms with Crippen LogP contribution in [0.3, 0.4) is 0 Å². The van der Waals surface area contributed by atoms with E-state index < -0.39 is 0 Å². The summed E-state index contributed by atoms with van der Waals surface area (Å²) in [5, 5.41) is 3.66. The summed E-state index contributed by atoms with van der Waals surface area (Å²) in [4.78, 5) is 0. The molecule has 2 rings (SSSR count). The highest BCUT2D eigenvalue weighted by Gasteiger charge is 2.13. The first-order valence-corrected chi connectivity index (χ1v) is 7.33. The molecule has 3 nitrogen and oxygen atoms in total. The number of hydrogen-bond acceptors (Lipinski definition) is 3. The predicted octanol–water partition coefficient (Wildman–Crippen LogP) is 3.13. The average Bonchev–Trinajstić information content (AvgIpc) is 2.48. The van der Waals surface area contributed by atoms with E-state index in [0.29, 0.717) is 19.3 Å². The van der Waals surface area contributed by atoms with Crippen molar-refractivity contribution in [3.63, 3.8) is 0 Å². The Kier molecular flexibility index (Phi) is 6.18. The van der Waals surface area contributed by atoms with E-state index in [4.69, 9.17) is 9.47 Å². The fourth-order valence-corrected chi connectivity index (χ4v) is 2.59. The van der Waals surface area contributed by atoms with Crippen molar-refractivity contribution < 1.29 is 9.47 Å². The zero-order chi connectivity index (χ0) is 13.3. The normalized spacial score (nSPS) is 16.5. The van der Waals surface area contributed by atoms with Crippen LogP contribution in [0.1, 0.15) is 37.7 Å². The first kappa shape index (κ1) is 14.4. The summed E-state index contributed by atoms with van der Waals surface area (Å²) in [5.41, 5.74) is 1.24. The first-order valence-electron chi connectivity index (χ1n) is 7.33. The minimum atomic E-state index is 0.608. The Hall–Kier alpha value is -1.06. The van der Waals surface area contributed by atoms with Gasteiger partial charge in [-0.05, 0) is 18.9 Å². The molecule has 0 heterocycles. The number of hydrogen-bond donors (Lipinski definition) is 1. The predicted molar refractivity (Wildman–Crippen MR) is 77.5 cm³/mol. The minimum Gasteiger partial charge on any atom is -0.491 e. The summed E-state index contributed by atoms with van der Waals surface area (Å²) >= 11 is 0. The molecule has 0 bridgehead atoms. The van der Waals surface area contributed by atoms with Gasteiger partial charge >= 0.3 is 0 Å². The molecule has 0 radical (unpaired) electrons. The summed E-state index contributed by atoms with van der Waals surface area (Å²) < 4.78 is 10.8. The number of benzene rings is 1. The van der Waals surface area contributed by atoms with Crippen molar-refractivity contribution in [1.29, 1.82) is 0 Å². The lowest BCUT2D eigenvalue weighted by atomic mass is 9.95. The van der Waals surface area contributed by atoms with Gasteiger partial charge in [0.1, 0.15) is 12.4 Å². The lowest BCUT2D eigenvalue weighted by Crippen LogP contribution is -2.30. The molecule has 1 N–H and O–H groups in total. The Morgan fingerprint density at radius 2 is 1.89 bits per heavy atom. The van der Waals surface area contributed by atoms with Crippen LogP contribution in [0.4, 0.5) is 0 Å². The molecule has 0 spiro atoms. The quantitative estimate of drug-likeness (QED) is 0.767. The Labute approximate surface area is 116 Å². The van der Waals surface area contributed by atoms with Crippen LogP contribution >= 0.6 is 0 Å². The van der Waals surface area contributed by atoms with Crippen LogP contribution in [0, 0.1) is 0 Å². The molecule has 0 amide bonds. The number of methoxy groups -OCH3 is 1. The SMILES string of the molecule is COCCOc1ccccc1CNC1CCCCC1. The maximum Gasteiger partial charge on any atom is 0.123 e. The van der Waals surface area contributed by atoms with Gasteiger partial charge in [0.2, 0.25) is 0 Å². The molecule has 0 unspecified atom stereocenters. The molecule has 1 aliphatic rings. The van der Waals surface area contributed by atoms with Crippen molar-refractivity contribution in [3.8, 4) is 5.75 Å². The van der Waals surface area contributed by atoms with Crippen molar-refractivity contribution in [2.45, 2.75) is 44.7 Å². The van der Waals surface area contributed by atoms with Crippen molar-refractivity contribution in [1.82, 2.24) is 5.32 Å². The van der Waals surface area contributed by atoms with Crippen LogP contribution in [0.25, 0.3) is 0 Å². The largest absolute Gasteiger partial charge is 0.491 e. The van der Waals surface area contributed by atoms with E-state index in [1.54, 1.807) is 7.11 Å². The van der Waals surface area contributed by atoms with E-state index in [-0.39, 0.29) is 0 Å². The van der Waals surface area contributed by atoms with E-state index in [0.717, 1.165) is 12.3 Å². The van der Waals surface area contributed by atoms with Crippen molar-refractivity contribution in [2.24, 2.45) is 0 Å². The minimum absolute atomic E-state index is 0.608. The number of ether oxygens (including phenoxy) is 2. The fourth-order valence-electron chi connectivity index (χ4n) is 2.59. The molecule has 3 heteroatoms. The second-order valence-corrected chi connectivity index (χ2v) is 5.16. The van der Waals surface area contributed by atoms with Crippen LogP contribution in [0.5, 0.6) is 5.75 Å². The van der Waals surface area contributed by atoms with Gasteiger partial charge in [-0.15, -0.1) is 0 Å². The molecule has 0 saturated heterocycles. The zero-order valence-corrected chi connectivity index (χ0v) is 11.9. The highest BCUT2D eigenvalue weighted by atomic mass is 16.5. The number of rotatable bonds is 7. The smallest absolute Gasteiger partial charge is 0.123 e. The van der Waals surface area contributed by atoms with Crippen molar-refractivity contribution in [2.75, 3.05) is 20.3 Å². The highest BCUT2D eigenvalue weighted by Crippen LogP contribution is 2.21. The Morgan fingerprint density at radius 1 is 1.11 bits per heavy atom. The molecule has 1 aliphatic carbocycles. The maximum absolute atomic E-state index is 5.75. The second-order valence-electron chi connectivity index (χ2n) is 5.16. The molecule has 1 saturated carbocycles. The molecule has 0 atom stereocenters. The summed E-state index contributed by atoms with van der Waals surface area (Å²) in [6.45, 7) is 2.13. The topological polar surface area (TPSA) is 30.5 Å². The van der Waals surface area contributed by atoms with E-state index in [9.17, 15) is 0 Å². The monoisotopic (exact) mass is 263 g/mol. The first-order chi connectivity index (χ1) is 9.40. The summed E-state index contributed by atoms with van der Waals surface area (Å²) in [6.07, 6.45) is 6.75. The Balaban J connectivity index is 1.84. The van der Waals surface area contributed by atoms with Gasteiger partial charge in [0.15, 0.2) is 0 Å². The van der Waals surface area contributed by atoms with E-state index >= 15 is 0 Å². The Bertz CT molecular complexity index is 362. The molecule has 1 aromatic carbocycles. The van der Waals surface area contributed by atoms with Gasteiger partial charge in [-0.25, -0.2) is 0 Å². The molecule has 0 aliphatic heterocycles. The van der Waals surface area contributed by atoms with E-state index in [1.165, 1.54) is 37.7 Å². The third-order valence-corrected chi connectivity index (χ3v) is 3.70. The zero-order valence-electron chi connectivity index (χ0n) is 11.9. The standard InChI is InChI=1S/C16H25NO2/c1-18-11-12-19-16-10-6-5-7-14(16)13-17-15-8-3-2-4-9-15/h5-7,10,15,17H,2-4,8-9,11-13H2,1H3. The molecule has 1 fully saturated rings.